The lowest BCUT2D eigenvalue weighted by Gasteiger charge is -2.18. The summed E-state index contributed by atoms with van der Waals surface area (Å²) in [5.74, 6) is 0.716. The van der Waals surface area contributed by atoms with E-state index in [4.69, 9.17) is 15.0 Å². The lowest BCUT2D eigenvalue weighted by molar-refractivity contribution is 1.24. The average molecular weight is 510 g/mol. The third kappa shape index (κ3) is 3.49. The van der Waals surface area contributed by atoms with Crippen LogP contribution in [-0.2, 0) is 0 Å². The molecule has 0 amide bonds. The van der Waals surface area contributed by atoms with Gasteiger partial charge in [0.2, 0.25) is 0 Å². The summed E-state index contributed by atoms with van der Waals surface area (Å²) in [7, 11) is 0. The fraction of sp³-hybridized carbons (Fsp3) is 0. The smallest absolute Gasteiger partial charge is 0.161 e. The zero-order chi connectivity index (χ0) is 26.5. The first-order chi connectivity index (χ1) is 19.9. The number of benzene rings is 6. The van der Waals surface area contributed by atoms with Crippen LogP contribution in [0.3, 0.4) is 0 Å². The SMILES string of the molecule is c1ccc(-c2c3ccccc3c(-c3nc(-c4cccc5cccnc45)c4ccccc4n3)c3ccccc23)cc1. The standard InChI is InChI=1S/C37H23N3/c1-2-12-24(13-3-1)33-26-16-4-6-18-28(26)34(29-19-7-5-17-27(29)33)37-39-32-22-9-8-20-30(32)36(40-37)31-21-10-14-25-15-11-23-38-35(25)31/h1-23H. The minimum absolute atomic E-state index is 0.716. The average Bonchev–Trinajstić information content (AvgIpc) is 3.03. The number of hydrogen-bond acceptors (Lipinski definition) is 3. The molecule has 0 aliphatic heterocycles. The molecule has 3 nitrogen and oxygen atoms in total. The highest BCUT2D eigenvalue weighted by atomic mass is 14.9. The van der Waals surface area contributed by atoms with Gasteiger partial charge in [0, 0.05) is 28.1 Å². The first-order valence-electron chi connectivity index (χ1n) is 13.5. The second-order valence-corrected chi connectivity index (χ2v) is 10.0. The maximum absolute atomic E-state index is 5.34. The maximum atomic E-state index is 5.34. The van der Waals surface area contributed by atoms with E-state index in [0.717, 1.165) is 49.4 Å². The van der Waals surface area contributed by atoms with Crippen LogP contribution < -0.4 is 0 Å². The Morgan fingerprint density at radius 3 is 1.75 bits per heavy atom. The van der Waals surface area contributed by atoms with Gasteiger partial charge in [0.05, 0.1) is 16.7 Å². The number of fused-ring (bicyclic) bond motifs is 4. The minimum atomic E-state index is 0.716. The van der Waals surface area contributed by atoms with Crippen LogP contribution in [0.1, 0.15) is 0 Å². The summed E-state index contributed by atoms with van der Waals surface area (Å²) < 4.78 is 0. The van der Waals surface area contributed by atoms with Gasteiger partial charge in [0.25, 0.3) is 0 Å². The van der Waals surface area contributed by atoms with E-state index in [1.165, 1.54) is 21.9 Å². The van der Waals surface area contributed by atoms with Crippen LogP contribution in [0, 0.1) is 0 Å². The molecule has 0 radical (unpaired) electrons. The third-order valence-corrected chi connectivity index (χ3v) is 7.71. The van der Waals surface area contributed by atoms with Crippen molar-refractivity contribution >= 4 is 43.4 Å². The van der Waals surface area contributed by atoms with E-state index in [1.54, 1.807) is 0 Å². The van der Waals surface area contributed by atoms with Gasteiger partial charge in [-0.3, -0.25) is 4.98 Å². The Hall–Kier alpha value is -5.41. The van der Waals surface area contributed by atoms with Gasteiger partial charge >= 0.3 is 0 Å². The molecule has 0 aliphatic carbocycles. The Morgan fingerprint density at radius 1 is 0.425 bits per heavy atom. The molecule has 0 unspecified atom stereocenters. The van der Waals surface area contributed by atoms with Gasteiger partial charge in [-0.1, -0.05) is 121 Å². The topological polar surface area (TPSA) is 38.7 Å². The largest absolute Gasteiger partial charge is 0.256 e. The number of pyridine rings is 1. The van der Waals surface area contributed by atoms with Gasteiger partial charge in [0.1, 0.15) is 0 Å². The fourth-order valence-electron chi connectivity index (χ4n) is 5.97. The van der Waals surface area contributed by atoms with Gasteiger partial charge < -0.3 is 0 Å². The van der Waals surface area contributed by atoms with E-state index in [-0.39, 0.29) is 0 Å². The van der Waals surface area contributed by atoms with Crippen molar-refractivity contribution in [2.45, 2.75) is 0 Å². The lowest BCUT2D eigenvalue weighted by atomic mass is 9.88. The van der Waals surface area contributed by atoms with Gasteiger partial charge in [-0.25, -0.2) is 9.97 Å². The Kier molecular flexibility index (Phi) is 5.14. The number of hydrogen-bond donors (Lipinski definition) is 0. The van der Waals surface area contributed by atoms with Gasteiger partial charge in [-0.05, 0) is 44.8 Å². The molecule has 0 bridgehead atoms. The number of nitrogens with zero attached hydrogens (tertiary/aromatic N) is 3. The molecule has 0 saturated carbocycles. The molecule has 8 aromatic rings. The summed E-state index contributed by atoms with van der Waals surface area (Å²) >= 11 is 0. The van der Waals surface area contributed by atoms with E-state index >= 15 is 0 Å². The quantitative estimate of drug-likeness (QED) is 0.223. The zero-order valence-corrected chi connectivity index (χ0v) is 21.6. The predicted octanol–water partition coefficient (Wildman–Crippen LogP) is 9.49. The fourth-order valence-corrected chi connectivity index (χ4v) is 5.97. The van der Waals surface area contributed by atoms with Gasteiger partial charge in [0.15, 0.2) is 5.82 Å². The molecule has 0 N–H and O–H groups in total. The van der Waals surface area contributed by atoms with Crippen molar-refractivity contribution in [3.05, 3.63) is 140 Å². The summed E-state index contributed by atoms with van der Waals surface area (Å²) in [4.78, 5) is 15.3. The second kappa shape index (κ2) is 9.11. The molecule has 186 valence electrons. The van der Waals surface area contributed by atoms with Crippen molar-refractivity contribution in [2.75, 3.05) is 0 Å². The highest BCUT2D eigenvalue weighted by Crippen LogP contribution is 2.43. The van der Waals surface area contributed by atoms with Crippen molar-refractivity contribution in [1.29, 1.82) is 0 Å². The molecule has 0 fully saturated rings. The van der Waals surface area contributed by atoms with E-state index < -0.39 is 0 Å². The highest BCUT2D eigenvalue weighted by molar-refractivity contribution is 6.21. The van der Waals surface area contributed by atoms with Crippen molar-refractivity contribution < 1.29 is 0 Å². The van der Waals surface area contributed by atoms with Crippen LogP contribution in [0.15, 0.2) is 140 Å². The van der Waals surface area contributed by atoms with Crippen molar-refractivity contribution in [2.24, 2.45) is 0 Å². The molecule has 2 heterocycles. The van der Waals surface area contributed by atoms with Crippen LogP contribution in [0.5, 0.6) is 0 Å². The summed E-state index contributed by atoms with van der Waals surface area (Å²) in [6.45, 7) is 0. The first kappa shape index (κ1) is 22.6. The zero-order valence-electron chi connectivity index (χ0n) is 21.6. The number of aromatic nitrogens is 3. The summed E-state index contributed by atoms with van der Waals surface area (Å²) in [6, 6.07) is 46.5. The van der Waals surface area contributed by atoms with Crippen LogP contribution in [0.4, 0.5) is 0 Å². The number of rotatable bonds is 3. The highest BCUT2D eigenvalue weighted by Gasteiger charge is 2.20. The maximum Gasteiger partial charge on any atom is 0.161 e. The van der Waals surface area contributed by atoms with Crippen molar-refractivity contribution in [3.63, 3.8) is 0 Å². The van der Waals surface area contributed by atoms with E-state index in [2.05, 4.69) is 115 Å². The predicted molar refractivity (Wildman–Crippen MR) is 166 cm³/mol. The molecule has 40 heavy (non-hydrogen) atoms. The Balaban J connectivity index is 1.52. The Bertz CT molecular complexity index is 2160. The molecule has 0 saturated heterocycles. The molecule has 0 atom stereocenters. The van der Waals surface area contributed by atoms with E-state index in [1.807, 2.05) is 24.4 Å². The van der Waals surface area contributed by atoms with Crippen molar-refractivity contribution in [3.8, 4) is 33.8 Å². The molecule has 6 aromatic carbocycles. The molecule has 8 rings (SSSR count). The molecule has 2 aromatic heterocycles. The van der Waals surface area contributed by atoms with Gasteiger partial charge in [-0.15, -0.1) is 0 Å². The normalized spacial score (nSPS) is 11.5. The lowest BCUT2D eigenvalue weighted by Crippen LogP contribution is -1.98. The van der Waals surface area contributed by atoms with Crippen molar-refractivity contribution in [1.82, 2.24) is 15.0 Å². The third-order valence-electron chi connectivity index (χ3n) is 7.71. The molecule has 3 heteroatoms. The van der Waals surface area contributed by atoms with E-state index in [9.17, 15) is 0 Å². The first-order valence-corrected chi connectivity index (χ1v) is 13.5. The van der Waals surface area contributed by atoms with Crippen LogP contribution in [0.25, 0.3) is 77.1 Å². The minimum Gasteiger partial charge on any atom is -0.256 e. The number of para-hydroxylation sites is 2. The molecular formula is C37H23N3. The molecule has 0 aliphatic rings. The van der Waals surface area contributed by atoms with Crippen LogP contribution in [0.2, 0.25) is 0 Å². The molecule has 0 spiro atoms. The summed E-state index contributed by atoms with van der Waals surface area (Å²) in [6.07, 6.45) is 1.85. The van der Waals surface area contributed by atoms with E-state index in [0.29, 0.717) is 5.82 Å². The Morgan fingerprint density at radius 2 is 1.02 bits per heavy atom. The van der Waals surface area contributed by atoms with Crippen LogP contribution >= 0.6 is 0 Å². The summed E-state index contributed by atoms with van der Waals surface area (Å²) in [5, 5.41) is 6.75. The Labute approximate surface area is 231 Å². The second-order valence-electron chi connectivity index (χ2n) is 10.0. The summed E-state index contributed by atoms with van der Waals surface area (Å²) in [5.41, 5.74) is 7.23. The monoisotopic (exact) mass is 509 g/mol. The molecular weight excluding hydrogens is 486 g/mol. The van der Waals surface area contributed by atoms with Gasteiger partial charge in [-0.2, -0.15) is 0 Å². The van der Waals surface area contributed by atoms with Crippen LogP contribution in [-0.4, -0.2) is 15.0 Å².